The molecule has 0 saturated heterocycles. The summed E-state index contributed by atoms with van der Waals surface area (Å²) in [7, 11) is 0. The first-order valence-corrected chi connectivity index (χ1v) is 10.2. The van der Waals surface area contributed by atoms with Gasteiger partial charge in [-0.25, -0.2) is 0 Å². The van der Waals surface area contributed by atoms with Crippen LogP contribution in [0.4, 0.5) is 0 Å². The van der Waals surface area contributed by atoms with Gasteiger partial charge in [-0.05, 0) is 41.3 Å². The van der Waals surface area contributed by atoms with Crippen LogP contribution in [0, 0.1) is 0 Å². The maximum Gasteiger partial charge on any atom is 0.244 e. The number of rotatable bonds is 10. The summed E-state index contributed by atoms with van der Waals surface area (Å²) in [6.45, 7) is 0.978. The maximum absolute atomic E-state index is 11.9. The second-order valence-corrected chi connectivity index (χ2v) is 6.98. The third kappa shape index (κ3) is 8.19. The summed E-state index contributed by atoms with van der Waals surface area (Å²) in [5.41, 5.74) is 3.15. The van der Waals surface area contributed by atoms with E-state index in [1.165, 1.54) is 6.08 Å². The average molecular weight is 415 g/mol. The number of carbonyl (C=O) groups is 2. The van der Waals surface area contributed by atoms with Gasteiger partial charge < -0.3 is 15.4 Å². The lowest BCUT2D eigenvalue weighted by atomic mass is 10.1. The molecule has 0 heterocycles. The van der Waals surface area contributed by atoms with Crippen LogP contribution in [0.2, 0.25) is 0 Å². The van der Waals surface area contributed by atoms with Crippen molar-refractivity contribution in [3.63, 3.8) is 0 Å². The van der Waals surface area contributed by atoms with E-state index in [0.717, 1.165) is 22.4 Å². The topological polar surface area (TPSA) is 67.4 Å². The Labute approximate surface area is 182 Å². The molecule has 0 fully saturated rings. The fourth-order valence-electron chi connectivity index (χ4n) is 2.86. The largest absolute Gasteiger partial charge is 0.489 e. The Balaban J connectivity index is 1.31. The molecule has 3 aromatic carbocycles. The third-order valence-corrected chi connectivity index (χ3v) is 4.56. The number of carbonyl (C=O) groups excluding carboxylic acids is 2. The highest BCUT2D eigenvalue weighted by molar-refractivity contribution is 5.94. The summed E-state index contributed by atoms with van der Waals surface area (Å²) in [5.74, 6) is 0.289. The molecule has 31 heavy (non-hydrogen) atoms. The average Bonchev–Trinajstić information content (AvgIpc) is 2.82. The number of ether oxygens (including phenoxy) is 1. The van der Waals surface area contributed by atoms with Crippen LogP contribution in [0.3, 0.4) is 0 Å². The van der Waals surface area contributed by atoms with Gasteiger partial charge in [-0.3, -0.25) is 9.59 Å². The van der Waals surface area contributed by atoms with Crippen LogP contribution in [0.5, 0.6) is 5.75 Å². The molecule has 0 aliphatic rings. The van der Waals surface area contributed by atoms with Crippen LogP contribution in [-0.4, -0.2) is 24.9 Å². The molecule has 3 rings (SSSR count). The predicted molar refractivity (Wildman–Crippen MR) is 122 cm³/mol. The van der Waals surface area contributed by atoms with Crippen molar-refractivity contribution in [2.24, 2.45) is 0 Å². The smallest absolute Gasteiger partial charge is 0.244 e. The van der Waals surface area contributed by atoms with Gasteiger partial charge in [-0.1, -0.05) is 72.8 Å². The summed E-state index contributed by atoms with van der Waals surface area (Å²) in [6.07, 6.45) is 3.83. The highest BCUT2D eigenvalue weighted by Gasteiger charge is 2.03. The Kier molecular flexibility index (Phi) is 8.44. The predicted octanol–water partition coefficient (Wildman–Crippen LogP) is 3.75. The van der Waals surface area contributed by atoms with E-state index in [1.54, 1.807) is 6.08 Å². The molecule has 2 N–H and O–H groups in total. The Morgan fingerprint density at radius 3 is 2.16 bits per heavy atom. The van der Waals surface area contributed by atoms with Crippen molar-refractivity contribution in [2.45, 2.75) is 13.0 Å². The minimum Gasteiger partial charge on any atom is -0.489 e. The van der Waals surface area contributed by atoms with Crippen molar-refractivity contribution in [1.82, 2.24) is 10.6 Å². The molecular weight excluding hydrogens is 388 g/mol. The Bertz CT molecular complexity index is 984. The number of hydrogen-bond acceptors (Lipinski definition) is 3. The zero-order valence-corrected chi connectivity index (χ0v) is 17.3. The van der Waals surface area contributed by atoms with Crippen molar-refractivity contribution in [1.29, 1.82) is 0 Å². The second-order valence-electron chi connectivity index (χ2n) is 6.98. The summed E-state index contributed by atoms with van der Waals surface area (Å²) in [4.78, 5) is 23.7. The van der Waals surface area contributed by atoms with E-state index in [1.807, 2.05) is 84.9 Å². The highest BCUT2D eigenvalue weighted by atomic mass is 16.5. The molecule has 0 spiro atoms. The molecule has 5 heteroatoms. The molecule has 0 aromatic heterocycles. The lowest BCUT2D eigenvalue weighted by Gasteiger charge is -2.08. The molecule has 0 bridgehead atoms. The number of benzene rings is 3. The van der Waals surface area contributed by atoms with Crippen molar-refractivity contribution in [2.75, 3.05) is 13.1 Å². The van der Waals surface area contributed by atoms with Crippen LogP contribution < -0.4 is 15.4 Å². The van der Waals surface area contributed by atoms with Crippen LogP contribution in [0.1, 0.15) is 16.7 Å². The van der Waals surface area contributed by atoms with E-state index in [0.29, 0.717) is 19.6 Å². The van der Waals surface area contributed by atoms with E-state index in [4.69, 9.17) is 4.74 Å². The Hall–Kier alpha value is -3.86. The van der Waals surface area contributed by atoms with Gasteiger partial charge in [0.15, 0.2) is 0 Å². The lowest BCUT2D eigenvalue weighted by Crippen LogP contribution is -2.37. The van der Waals surface area contributed by atoms with Gasteiger partial charge in [0.2, 0.25) is 11.8 Å². The number of hydrogen-bond donors (Lipinski definition) is 2. The van der Waals surface area contributed by atoms with E-state index in [-0.39, 0.29) is 18.4 Å². The standard InChI is InChI=1S/C26H26N2O3/c29-25(16-13-21-7-3-1-4-8-21)28-19-26(30)27-18-17-22-11-14-24(15-12-22)31-20-23-9-5-2-6-10-23/h1-16H,17-20H2,(H,27,30)(H,28,29)/b16-13+. The zero-order chi connectivity index (χ0) is 21.7. The van der Waals surface area contributed by atoms with Gasteiger partial charge in [0, 0.05) is 12.6 Å². The van der Waals surface area contributed by atoms with Gasteiger partial charge in [0.25, 0.3) is 0 Å². The van der Waals surface area contributed by atoms with Crippen molar-refractivity contribution < 1.29 is 14.3 Å². The van der Waals surface area contributed by atoms with Crippen molar-refractivity contribution in [3.05, 3.63) is 108 Å². The number of nitrogens with one attached hydrogen (secondary N) is 2. The van der Waals surface area contributed by atoms with Gasteiger partial charge >= 0.3 is 0 Å². The summed E-state index contributed by atoms with van der Waals surface area (Å²) in [5, 5.41) is 5.39. The first kappa shape index (κ1) is 21.8. The normalized spacial score (nSPS) is 10.6. The van der Waals surface area contributed by atoms with Gasteiger partial charge in [-0.2, -0.15) is 0 Å². The van der Waals surface area contributed by atoms with Crippen LogP contribution >= 0.6 is 0 Å². The van der Waals surface area contributed by atoms with Crippen molar-refractivity contribution >= 4 is 17.9 Å². The van der Waals surface area contributed by atoms with E-state index >= 15 is 0 Å². The third-order valence-electron chi connectivity index (χ3n) is 4.56. The minimum absolute atomic E-state index is 0.0514. The van der Waals surface area contributed by atoms with Gasteiger partial charge in [-0.15, -0.1) is 0 Å². The zero-order valence-electron chi connectivity index (χ0n) is 17.3. The first-order chi connectivity index (χ1) is 15.2. The molecule has 0 aliphatic carbocycles. The fourth-order valence-corrected chi connectivity index (χ4v) is 2.86. The summed E-state index contributed by atoms with van der Waals surface area (Å²) in [6, 6.07) is 27.4. The van der Waals surface area contributed by atoms with Crippen LogP contribution in [0.15, 0.2) is 91.0 Å². The highest BCUT2D eigenvalue weighted by Crippen LogP contribution is 2.14. The Morgan fingerprint density at radius 1 is 0.774 bits per heavy atom. The molecule has 0 atom stereocenters. The molecule has 2 amide bonds. The number of amides is 2. The van der Waals surface area contributed by atoms with E-state index in [9.17, 15) is 9.59 Å². The van der Waals surface area contributed by atoms with E-state index < -0.39 is 0 Å². The van der Waals surface area contributed by atoms with Crippen LogP contribution in [-0.2, 0) is 22.6 Å². The second kappa shape index (κ2) is 12.0. The molecule has 0 aliphatic heterocycles. The Morgan fingerprint density at radius 2 is 1.45 bits per heavy atom. The first-order valence-electron chi connectivity index (χ1n) is 10.2. The monoisotopic (exact) mass is 414 g/mol. The van der Waals surface area contributed by atoms with Gasteiger partial charge in [0.05, 0.1) is 6.54 Å². The van der Waals surface area contributed by atoms with Crippen molar-refractivity contribution in [3.8, 4) is 5.75 Å². The molecule has 158 valence electrons. The maximum atomic E-state index is 11.9. The lowest BCUT2D eigenvalue weighted by molar-refractivity contribution is -0.123. The van der Waals surface area contributed by atoms with Crippen LogP contribution in [0.25, 0.3) is 6.08 Å². The summed E-state index contributed by atoms with van der Waals surface area (Å²) < 4.78 is 5.78. The molecule has 3 aromatic rings. The molecule has 0 radical (unpaired) electrons. The molecular formula is C26H26N2O3. The van der Waals surface area contributed by atoms with E-state index in [2.05, 4.69) is 10.6 Å². The SMILES string of the molecule is O=C(/C=C/c1ccccc1)NCC(=O)NCCc1ccc(OCc2ccccc2)cc1. The molecule has 5 nitrogen and oxygen atoms in total. The fraction of sp³-hybridized carbons (Fsp3) is 0.154. The van der Waals surface area contributed by atoms with Gasteiger partial charge in [0.1, 0.15) is 12.4 Å². The molecule has 0 saturated carbocycles. The summed E-state index contributed by atoms with van der Waals surface area (Å²) >= 11 is 0. The minimum atomic E-state index is -0.301. The molecule has 0 unspecified atom stereocenters. The quantitative estimate of drug-likeness (QED) is 0.497.